The Morgan fingerprint density at radius 2 is 1.94 bits per heavy atom. The summed E-state index contributed by atoms with van der Waals surface area (Å²) in [5, 5.41) is 2.54. The number of rotatable bonds is 2. The van der Waals surface area contributed by atoms with Gasteiger partial charge in [-0.05, 0) is 23.3 Å². The molecule has 2 aromatic carbocycles. The Balaban J connectivity index is 2.27. The van der Waals surface area contributed by atoms with Gasteiger partial charge in [0.15, 0.2) is 0 Å². The largest absolute Gasteiger partial charge is 0.496 e. The van der Waals surface area contributed by atoms with Crippen molar-refractivity contribution in [1.82, 2.24) is 0 Å². The smallest absolute Gasteiger partial charge is 0.123 e. The molecule has 0 aromatic heterocycles. The third kappa shape index (κ3) is 1.38. The SMILES string of the molecule is COc1ccc2ccccc2c1[C@H]1C[C@@H]1N. The lowest BCUT2D eigenvalue weighted by atomic mass is 10.00. The quantitative estimate of drug-likeness (QED) is 0.832. The first-order chi connectivity index (χ1) is 7.81. The van der Waals surface area contributed by atoms with Crippen LogP contribution in [0, 0.1) is 0 Å². The van der Waals surface area contributed by atoms with Crippen LogP contribution < -0.4 is 10.5 Å². The average molecular weight is 213 g/mol. The van der Waals surface area contributed by atoms with Crippen LogP contribution in [0.4, 0.5) is 0 Å². The van der Waals surface area contributed by atoms with Gasteiger partial charge in [-0.1, -0.05) is 30.3 Å². The fraction of sp³-hybridized carbons (Fsp3) is 0.286. The Morgan fingerprint density at radius 3 is 2.62 bits per heavy atom. The molecule has 0 unspecified atom stereocenters. The highest BCUT2D eigenvalue weighted by molar-refractivity contribution is 5.88. The van der Waals surface area contributed by atoms with E-state index in [2.05, 4.69) is 30.3 Å². The normalized spacial score (nSPS) is 23.4. The Kier molecular flexibility index (Phi) is 2.11. The van der Waals surface area contributed by atoms with E-state index >= 15 is 0 Å². The Bertz CT molecular complexity index is 535. The van der Waals surface area contributed by atoms with Crippen LogP contribution in [-0.2, 0) is 0 Å². The van der Waals surface area contributed by atoms with Gasteiger partial charge in [0, 0.05) is 17.5 Å². The molecule has 2 heteroatoms. The molecule has 1 fully saturated rings. The molecule has 0 saturated heterocycles. The van der Waals surface area contributed by atoms with Gasteiger partial charge in [-0.2, -0.15) is 0 Å². The number of nitrogens with two attached hydrogens (primary N) is 1. The Labute approximate surface area is 95.0 Å². The molecule has 0 amide bonds. The highest BCUT2D eigenvalue weighted by Gasteiger charge is 2.37. The van der Waals surface area contributed by atoms with E-state index in [1.165, 1.54) is 16.3 Å². The second-order valence-corrected chi connectivity index (χ2v) is 4.41. The monoisotopic (exact) mass is 213 g/mol. The second kappa shape index (κ2) is 3.49. The van der Waals surface area contributed by atoms with Crippen LogP contribution in [0.15, 0.2) is 36.4 Å². The van der Waals surface area contributed by atoms with Crippen molar-refractivity contribution >= 4 is 10.8 Å². The molecule has 0 spiro atoms. The third-order valence-electron chi connectivity index (χ3n) is 3.36. The lowest BCUT2D eigenvalue weighted by Gasteiger charge is -2.11. The van der Waals surface area contributed by atoms with Crippen molar-refractivity contribution in [2.75, 3.05) is 7.11 Å². The topological polar surface area (TPSA) is 35.2 Å². The van der Waals surface area contributed by atoms with E-state index in [4.69, 9.17) is 10.5 Å². The minimum atomic E-state index is 0.305. The lowest BCUT2D eigenvalue weighted by Crippen LogP contribution is -2.02. The zero-order valence-electron chi connectivity index (χ0n) is 9.31. The van der Waals surface area contributed by atoms with Gasteiger partial charge in [0.05, 0.1) is 7.11 Å². The first-order valence-corrected chi connectivity index (χ1v) is 5.62. The van der Waals surface area contributed by atoms with Crippen molar-refractivity contribution in [3.8, 4) is 5.75 Å². The maximum absolute atomic E-state index is 5.96. The first kappa shape index (κ1) is 9.67. The molecule has 2 aromatic rings. The van der Waals surface area contributed by atoms with Crippen molar-refractivity contribution in [3.05, 3.63) is 42.0 Å². The Hall–Kier alpha value is -1.54. The molecule has 0 radical (unpaired) electrons. The minimum absolute atomic E-state index is 0.305. The predicted octanol–water partition coefficient (Wildman–Crippen LogP) is 2.66. The molecule has 1 saturated carbocycles. The fourth-order valence-electron chi connectivity index (χ4n) is 2.38. The average Bonchev–Trinajstić information content (AvgIpc) is 3.04. The summed E-state index contributed by atoms with van der Waals surface area (Å²) in [4.78, 5) is 0. The molecular formula is C14H15NO. The van der Waals surface area contributed by atoms with Gasteiger partial charge in [0.25, 0.3) is 0 Å². The van der Waals surface area contributed by atoms with E-state index in [1.807, 2.05) is 6.07 Å². The van der Waals surface area contributed by atoms with Crippen molar-refractivity contribution in [1.29, 1.82) is 0 Å². The first-order valence-electron chi connectivity index (χ1n) is 5.62. The molecule has 16 heavy (non-hydrogen) atoms. The van der Waals surface area contributed by atoms with Crippen molar-refractivity contribution in [3.63, 3.8) is 0 Å². The van der Waals surface area contributed by atoms with Crippen LogP contribution in [0.2, 0.25) is 0 Å². The van der Waals surface area contributed by atoms with Gasteiger partial charge in [-0.25, -0.2) is 0 Å². The molecule has 0 heterocycles. The number of fused-ring (bicyclic) bond motifs is 1. The van der Waals surface area contributed by atoms with Gasteiger partial charge in [0.1, 0.15) is 5.75 Å². The summed E-state index contributed by atoms with van der Waals surface area (Å²) in [7, 11) is 1.72. The van der Waals surface area contributed by atoms with Crippen LogP contribution in [-0.4, -0.2) is 13.2 Å². The molecule has 2 atom stereocenters. The van der Waals surface area contributed by atoms with Crippen LogP contribution in [0.3, 0.4) is 0 Å². The van der Waals surface area contributed by atoms with E-state index < -0.39 is 0 Å². The summed E-state index contributed by atoms with van der Waals surface area (Å²) in [6.45, 7) is 0. The maximum atomic E-state index is 5.96. The number of hydrogen-bond donors (Lipinski definition) is 1. The van der Waals surface area contributed by atoms with Gasteiger partial charge in [-0.3, -0.25) is 0 Å². The molecule has 1 aliphatic carbocycles. The van der Waals surface area contributed by atoms with E-state index in [1.54, 1.807) is 7.11 Å². The standard InChI is InChI=1S/C14H15NO/c1-16-13-7-6-9-4-2-3-5-10(9)14(13)11-8-12(11)15/h2-7,11-12H,8,15H2,1H3/t11-,12-/m0/s1. The summed E-state index contributed by atoms with van der Waals surface area (Å²) in [5.41, 5.74) is 7.24. The minimum Gasteiger partial charge on any atom is -0.496 e. The summed E-state index contributed by atoms with van der Waals surface area (Å²) < 4.78 is 5.45. The van der Waals surface area contributed by atoms with Gasteiger partial charge in [0.2, 0.25) is 0 Å². The zero-order chi connectivity index (χ0) is 11.1. The predicted molar refractivity (Wildman–Crippen MR) is 65.8 cm³/mol. The second-order valence-electron chi connectivity index (χ2n) is 4.41. The number of benzene rings is 2. The maximum Gasteiger partial charge on any atom is 0.123 e. The zero-order valence-corrected chi connectivity index (χ0v) is 9.31. The van der Waals surface area contributed by atoms with Crippen LogP contribution in [0.5, 0.6) is 5.75 Å². The molecular weight excluding hydrogens is 198 g/mol. The summed E-state index contributed by atoms with van der Waals surface area (Å²) >= 11 is 0. The molecule has 2 nitrogen and oxygen atoms in total. The molecule has 0 aliphatic heterocycles. The van der Waals surface area contributed by atoms with E-state index in [9.17, 15) is 0 Å². The van der Waals surface area contributed by atoms with Gasteiger partial charge < -0.3 is 10.5 Å². The fourth-order valence-corrected chi connectivity index (χ4v) is 2.38. The molecule has 0 bridgehead atoms. The summed E-state index contributed by atoms with van der Waals surface area (Å²) in [6.07, 6.45) is 1.07. The highest BCUT2D eigenvalue weighted by atomic mass is 16.5. The van der Waals surface area contributed by atoms with Crippen LogP contribution >= 0.6 is 0 Å². The molecule has 82 valence electrons. The van der Waals surface area contributed by atoms with E-state index in [-0.39, 0.29) is 0 Å². The number of methoxy groups -OCH3 is 1. The van der Waals surface area contributed by atoms with Crippen molar-refractivity contribution in [2.45, 2.75) is 18.4 Å². The van der Waals surface area contributed by atoms with E-state index in [0.29, 0.717) is 12.0 Å². The van der Waals surface area contributed by atoms with Crippen molar-refractivity contribution < 1.29 is 4.74 Å². The van der Waals surface area contributed by atoms with Crippen LogP contribution in [0.1, 0.15) is 17.9 Å². The van der Waals surface area contributed by atoms with Gasteiger partial charge in [-0.15, -0.1) is 0 Å². The molecule has 2 N–H and O–H groups in total. The van der Waals surface area contributed by atoms with E-state index in [0.717, 1.165) is 12.2 Å². The molecule has 3 rings (SSSR count). The number of hydrogen-bond acceptors (Lipinski definition) is 2. The van der Waals surface area contributed by atoms with Gasteiger partial charge >= 0.3 is 0 Å². The summed E-state index contributed by atoms with van der Waals surface area (Å²) in [6, 6.07) is 12.9. The third-order valence-corrected chi connectivity index (χ3v) is 3.36. The number of ether oxygens (including phenoxy) is 1. The van der Waals surface area contributed by atoms with Crippen molar-refractivity contribution in [2.24, 2.45) is 5.73 Å². The highest BCUT2D eigenvalue weighted by Crippen LogP contribution is 2.46. The lowest BCUT2D eigenvalue weighted by molar-refractivity contribution is 0.410. The van der Waals surface area contributed by atoms with Crippen LogP contribution in [0.25, 0.3) is 10.8 Å². The Morgan fingerprint density at radius 1 is 1.19 bits per heavy atom. The summed E-state index contributed by atoms with van der Waals surface area (Å²) in [5.74, 6) is 1.44. The molecule has 1 aliphatic rings.